The predicted molar refractivity (Wildman–Crippen MR) is 80.3 cm³/mol. The van der Waals surface area contributed by atoms with Gasteiger partial charge >= 0.3 is 0 Å². The van der Waals surface area contributed by atoms with E-state index in [-0.39, 0.29) is 0 Å². The summed E-state index contributed by atoms with van der Waals surface area (Å²) in [6.07, 6.45) is 0. The zero-order valence-corrected chi connectivity index (χ0v) is 12.1. The maximum Gasteiger partial charge on any atom is 0.178 e. The normalized spacial score (nSPS) is 11.2. The Morgan fingerprint density at radius 1 is 1.33 bits per heavy atom. The first-order valence-electron chi connectivity index (χ1n) is 5.57. The number of nitrogens with one attached hydrogen (secondary N) is 1. The number of halogens is 1. The summed E-state index contributed by atoms with van der Waals surface area (Å²) in [5.74, 6) is 0. The zero-order valence-electron chi connectivity index (χ0n) is 9.74. The van der Waals surface area contributed by atoms with Crippen molar-refractivity contribution >= 4 is 46.2 Å². The van der Waals surface area contributed by atoms with Crippen LogP contribution >= 0.6 is 35.2 Å². The number of para-hydroxylation sites is 1. The lowest BCUT2D eigenvalue weighted by Gasteiger charge is -2.03. The Morgan fingerprint density at radius 3 is 2.89 bits per heavy atom. The summed E-state index contributed by atoms with van der Waals surface area (Å²) < 4.78 is 2.77. The summed E-state index contributed by atoms with van der Waals surface area (Å²) in [5, 5.41) is 0.730. The van der Waals surface area contributed by atoms with Crippen LogP contribution in [0.2, 0.25) is 5.02 Å². The van der Waals surface area contributed by atoms with Gasteiger partial charge in [-0.1, -0.05) is 17.7 Å². The van der Waals surface area contributed by atoms with E-state index < -0.39 is 0 Å². The molecule has 0 aliphatic heterocycles. The van der Waals surface area contributed by atoms with E-state index in [0.29, 0.717) is 4.77 Å². The summed E-state index contributed by atoms with van der Waals surface area (Å²) >= 11 is 13.4. The Labute approximate surface area is 119 Å². The van der Waals surface area contributed by atoms with E-state index in [4.69, 9.17) is 23.8 Å². The third-order valence-electron chi connectivity index (χ3n) is 2.85. The van der Waals surface area contributed by atoms with Crippen molar-refractivity contribution in [1.29, 1.82) is 0 Å². The fourth-order valence-electron chi connectivity index (χ4n) is 2.05. The molecule has 0 atom stereocenters. The SMILES string of the molecule is Cc1ccc(Cn2c(=S)[nH]c3cccc(Cl)c32)s1. The van der Waals surface area contributed by atoms with Gasteiger partial charge in [0.1, 0.15) is 0 Å². The topological polar surface area (TPSA) is 20.7 Å². The number of aryl methyl sites for hydroxylation is 1. The quantitative estimate of drug-likeness (QED) is 0.675. The minimum atomic E-state index is 0.712. The molecule has 2 heterocycles. The molecule has 0 fully saturated rings. The number of aromatic nitrogens is 2. The average molecular weight is 295 g/mol. The van der Waals surface area contributed by atoms with E-state index in [1.54, 1.807) is 11.3 Å². The number of rotatable bonds is 2. The molecular weight excluding hydrogens is 284 g/mol. The van der Waals surface area contributed by atoms with Gasteiger partial charge in [-0.25, -0.2) is 0 Å². The van der Waals surface area contributed by atoms with Crippen molar-refractivity contribution in [3.63, 3.8) is 0 Å². The number of thiophene rings is 1. The number of hydrogen-bond donors (Lipinski definition) is 1. The Bertz CT molecular complexity index is 767. The van der Waals surface area contributed by atoms with E-state index in [2.05, 4.69) is 28.6 Å². The van der Waals surface area contributed by atoms with Crippen LogP contribution in [-0.2, 0) is 6.54 Å². The van der Waals surface area contributed by atoms with Crippen LogP contribution in [0.5, 0.6) is 0 Å². The van der Waals surface area contributed by atoms with Crippen molar-refractivity contribution in [3.05, 3.63) is 49.9 Å². The smallest absolute Gasteiger partial charge is 0.178 e. The van der Waals surface area contributed by atoms with E-state index in [9.17, 15) is 0 Å². The van der Waals surface area contributed by atoms with Gasteiger partial charge in [0.2, 0.25) is 0 Å². The first kappa shape index (κ1) is 12.0. The van der Waals surface area contributed by atoms with Gasteiger partial charge in [-0.3, -0.25) is 0 Å². The van der Waals surface area contributed by atoms with Crippen LogP contribution in [-0.4, -0.2) is 9.55 Å². The second kappa shape index (κ2) is 4.53. The van der Waals surface area contributed by atoms with Crippen LogP contribution in [0.1, 0.15) is 9.75 Å². The maximum atomic E-state index is 6.26. The fourth-order valence-corrected chi connectivity index (χ4v) is 3.47. The lowest BCUT2D eigenvalue weighted by atomic mass is 10.3. The molecule has 18 heavy (non-hydrogen) atoms. The summed E-state index contributed by atoms with van der Waals surface area (Å²) in [6, 6.07) is 10.1. The average Bonchev–Trinajstić information content (AvgIpc) is 2.85. The van der Waals surface area contributed by atoms with E-state index in [1.807, 2.05) is 18.2 Å². The van der Waals surface area contributed by atoms with Gasteiger partial charge in [0.15, 0.2) is 4.77 Å². The monoisotopic (exact) mass is 294 g/mol. The fraction of sp³-hybridized carbons (Fsp3) is 0.154. The first-order valence-corrected chi connectivity index (χ1v) is 7.18. The van der Waals surface area contributed by atoms with Gasteiger partial charge < -0.3 is 9.55 Å². The Balaban J connectivity index is 2.16. The number of hydrogen-bond acceptors (Lipinski definition) is 2. The number of aromatic amines is 1. The molecule has 0 saturated carbocycles. The van der Waals surface area contributed by atoms with Crippen molar-refractivity contribution in [2.45, 2.75) is 13.5 Å². The Kier molecular flexibility index (Phi) is 3.01. The highest BCUT2D eigenvalue weighted by Gasteiger charge is 2.09. The third-order valence-corrected chi connectivity index (χ3v) is 4.47. The molecule has 0 bridgehead atoms. The maximum absolute atomic E-state index is 6.26. The van der Waals surface area contributed by atoms with Crippen LogP contribution in [0.4, 0.5) is 0 Å². The molecule has 0 unspecified atom stereocenters. The largest absolute Gasteiger partial charge is 0.331 e. The molecule has 0 radical (unpaired) electrons. The molecule has 0 amide bonds. The Hall–Kier alpha value is -1.10. The van der Waals surface area contributed by atoms with E-state index in [0.717, 1.165) is 22.6 Å². The van der Waals surface area contributed by atoms with Crippen LogP contribution in [0, 0.1) is 11.7 Å². The molecule has 0 aliphatic rings. The molecule has 3 rings (SSSR count). The third kappa shape index (κ3) is 2.00. The van der Waals surface area contributed by atoms with Crippen LogP contribution in [0.3, 0.4) is 0 Å². The first-order chi connectivity index (χ1) is 8.65. The highest BCUT2D eigenvalue weighted by Crippen LogP contribution is 2.25. The van der Waals surface area contributed by atoms with Crippen LogP contribution in [0.15, 0.2) is 30.3 Å². The second-order valence-electron chi connectivity index (χ2n) is 4.16. The predicted octanol–water partition coefficient (Wildman–Crippen LogP) is 4.77. The minimum Gasteiger partial charge on any atom is -0.331 e. The lowest BCUT2D eigenvalue weighted by Crippen LogP contribution is -1.97. The standard InChI is InChI=1S/C13H11ClN2S2/c1-8-5-6-9(18-8)7-16-12-10(14)3-2-4-11(12)15-13(16)17/h2-6H,7H2,1H3,(H,15,17). The second-order valence-corrected chi connectivity index (χ2v) is 6.33. The number of benzene rings is 1. The van der Waals surface area contributed by atoms with Crippen LogP contribution in [0.25, 0.3) is 11.0 Å². The molecule has 0 aliphatic carbocycles. The van der Waals surface area contributed by atoms with Crippen molar-refractivity contribution in [2.75, 3.05) is 0 Å². The zero-order chi connectivity index (χ0) is 12.7. The molecule has 3 aromatic rings. The molecule has 5 heteroatoms. The molecule has 0 saturated heterocycles. The van der Waals surface area contributed by atoms with E-state index in [1.165, 1.54) is 9.75 Å². The van der Waals surface area contributed by atoms with Crippen molar-refractivity contribution in [2.24, 2.45) is 0 Å². The minimum absolute atomic E-state index is 0.712. The van der Waals surface area contributed by atoms with Gasteiger partial charge in [-0.15, -0.1) is 11.3 Å². The molecular formula is C13H11ClN2S2. The summed E-state index contributed by atoms with van der Waals surface area (Å²) in [6.45, 7) is 2.87. The number of fused-ring (bicyclic) bond motifs is 1. The molecule has 92 valence electrons. The molecule has 2 aromatic heterocycles. The van der Waals surface area contributed by atoms with Gasteiger partial charge in [-0.2, -0.15) is 0 Å². The molecule has 1 aromatic carbocycles. The Morgan fingerprint density at radius 2 is 2.17 bits per heavy atom. The van der Waals surface area contributed by atoms with Gasteiger partial charge in [0, 0.05) is 9.75 Å². The van der Waals surface area contributed by atoms with Crippen molar-refractivity contribution < 1.29 is 0 Å². The highest BCUT2D eigenvalue weighted by atomic mass is 35.5. The van der Waals surface area contributed by atoms with Gasteiger partial charge in [0.05, 0.1) is 22.6 Å². The lowest BCUT2D eigenvalue weighted by molar-refractivity contribution is 0.823. The molecule has 0 spiro atoms. The molecule has 2 nitrogen and oxygen atoms in total. The summed E-state index contributed by atoms with van der Waals surface area (Å²) in [7, 11) is 0. The number of imidazole rings is 1. The van der Waals surface area contributed by atoms with Crippen molar-refractivity contribution in [1.82, 2.24) is 9.55 Å². The van der Waals surface area contributed by atoms with E-state index >= 15 is 0 Å². The number of nitrogens with zero attached hydrogens (tertiary/aromatic N) is 1. The van der Waals surface area contributed by atoms with Crippen LogP contribution < -0.4 is 0 Å². The van der Waals surface area contributed by atoms with Gasteiger partial charge in [0.25, 0.3) is 0 Å². The summed E-state index contributed by atoms with van der Waals surface area (Å²) in [5.41, 5.74) is 1.97. The summed E-state index contributed by atoms with van der Waals surface area (Å²) in [4.78, 5) is 5.78. The van der Waals surface area contributed by atoms with Crippen molar-refractivity contribution in [3.8, 4) is 0 Å². The van der Waals surface area contributed by atoms with Gasteiger partial charge in [-0.05, 0) is 43.4 Å². The molecule has 1 N–H and O–H groups in total. The number of H-pyrrole nitrogens is 1. The highest BCUT2D eigenvalue weighted by molar-refractivity contribution is 7.71.